The van der Waals surface area contributed by atoms with Crippen molar-refractivity contribution in [3.63, 3.8) is 0 Å². The van der Waals surface area contributed by atoms with Gasteiger partial charge in [-0.05, 0) is 100 Å². The Bertz CT molecular complexity index is 2340. The number of nitrogens with zero attached hydrogens (tertiary/aromatic N) is 7. The van der Waals surface area contributed by atoms with E-state index in [0.717, 1.165) is 0 Å². The fourth-order valence-electron chi connectivity index (χ4n) is 10.7. The molecule has 0 spiro atoms. The van der Waals surface area contributed by atoms with Crippen LogP contribution in [-0.4, -0.2) is 216 Å². The van der Waals surface area contributed by atoms with Crippen LogP contribution in [0.2, 0.25) is 0 Å². The topological polar surface area (TPSA) is 259 Å². The van der Waals surface area contributed by atoms with Crippen molar-refractivity contribution in [1.82, 2.24) is 55.6 Å². The van der Waals surface area contributed by atoms with E-state index in [0.29, 0.717) is 6.42 Å². The van der Waals surface area contributed by atoms with Crippen molar-refractivity contribution >= 4 is 65.0 Å². The first-order chi connectivity index (χ1) is 39.3. The molecular weight excluding hydrogens is 1090 g/mol. The second-order valence-corrected chi connectivity index (χ2v) is 26.1. The molecule has 1 saturated heterocycles. The number of carbonyl (C=O) groups is 11. The van der Waals surface area contributed by atoms with Gasteiger partial charge in [0, 0.05) is 49.3 Å². The number of allylic oxidation sites excluding steroid dienone is 3. The molecule has 484 valence electrons. The lowest BCUT2D eigenvalue weighted by Crippen LogP contribution is -2.61. The molecule has 22 heteroatoms. The van der Waals surface area contributed by atoms with Crippen LogP contribution in [0.15, 0.2) is 24.8 Å². The molecule has 11 atom stereocenters. The molecule has 1 fully saturated rings. The van der Waals surface area contributed by atoms with Crippen molar-refractivity contribution in [1.29, 1.82) is 0 Å². The van der Waals surface area contributed by atoms with Crippen molar-refractivity contribution in [2.24, 2.45) is 41.4 Å². The van der Waals surface area contributed by atoms with Gasteiger partial charge in [-0.1, -0.05) is 122 Å². The summed E-state index contributed by atoms with van der Waals surface area (Å²) in [6, 6.07) is -11.5. The minimum atomic E-state index is -1.21. The molecule has 0 bridgehead atoms. The molecule has 1 rings (SSSR count). The molecule has 1 aliphatic rings. The Kier molecular flexibility index (Phi) is 31.9. The zero-order valence-electron chi connectivity index (χ0n) is 56.0. The fraction of sp³-hybridized carbons (Fsp3) is 0.762. The normalized spacial score (nSPS) is 26.5. The standard InChI is InChI=1S/C63H111N11O11/c1-25-27-28-29-42(15)34-48-56(78)66-45(26-2)59(81)68(18)35-51(75)69(19)46(30-36(3)4)57(79)67-52(40(11)12)62(84)70(20)47(31-37(5)6)55(77)64-43(16)54(76)65-44(17)58(80)72(22)49(32-38(7)8)60(82)73(23)50(33-39(9)10)61(83)74(24)53(41(13)14)63(85)71(48)21/h25,27-28,36-50,52-53H,1,26,29-35H2,2-24H3,(H,64,77)(H,65,76)(H,66,78)(H,67,79)/b28-27+/t42-,43+,44-,45+,46+,47+,48+,49+,50+,52?,53+/m1/s1. The zero-order chi connectivity index (χ0) is 65.8. The summed E-state index contributed by atoms with van der Waals surface area (Å²) >= 11 is 0. The van der Waals surface area contributed by atoms with E-state index in [-0.39, 0.29) is 68.1 Å². The third kappa shape index (κ3) is 22.5. The van der Waals surface area contributed by atoms with E-state index < -0.39 is 144 Å². The van der Waals surface area contributed by atoms with Crippen molar-refractivity contribution in [2.45, 2.75) is 216 Å². The third-order valence-electron chi connectivity index (χ3n) is 15.9. The largest absolute Gasteiger partial charge is 0.343 e. The van der Waals surface area contributed by atoms with Crippen LogP contribution in [-0.2, 0) is 52.7 Å². The molecule has 85 heavy (non-hydrogen) atoms. The molecule has 1 heterocycles. The Morgan fingerprint density at radius 2 is 0.847 bits per heavy atom. The van der Waals surface area contributed by atoms with Crippen LogP contribution in [0.5, 0.6) is 0 Å². The van der Waals surface area contributed by atoms with E-state index in [1.54, 1.807) is 46.8 Å². The molecule has 0 aromatic carbocycles. The number of carbonyl (C=O) groups excluding carboxylic acids is 11. The SMILES string of the molecule is C=C/C=C/C[C@@H](C)C[C@H]1C(=O)N[C@@H](CC)C(=O)N(C)CC(=O)N(C)[C@@H](CC(C)C)C(=O)NC(C(C)C)C(=O)N(C)[C@@H](CC(C)C)C(=O)N[C@@H](C)C(=O)N[C@H](C)C(=O)N(C)[C@@H](CC(C)C)C(=O)N(C)[C@@H](CC(C)C)C(=O)N(C)[C@@H](C(C)C)C(=O)N1C. The summed E-state index contributed by atoms with van der Waals surface area (Å²) in [5.41, 5.74) is 0. The van der Waals surface area contributed by atoms with Crippen LogP contribution in [0, 0.1) is 41.4 Å². The van der Waals surface area contributed by atoms with Crippen LogP contribution >= 0.6 is 0 Å². The molecule has 0 aliphatic carbocycles. The van der Waals surface area contributed by atoms with Gasteiger partial charge in [0.15, 0.2) is 0 Å². The summed E-state index contributed by atoms with van der Waals surface area (Å²) in [4.78, 5) is 169. The molecule has 11 amide bonds. The quantitative estimate of drug-likeness (QED) is 0.157. The maximum Gasteiger partial charge on any atom is 0.246 e. The van der Waals surface area contributed by atoms with Gasteiger partial charge in [0.1, 0.15) is 60.4 Å². The van der Waals surface area contributed by atoms with Crippen LogP contribution < -0.4 is 21.3 Å². The minimum absolute atomic E-state index is 0.0997. The lowest BCUT2D eigenvalue weighted by molar-refractivity contribution is -0.156. The van der Waals surface area contributed by atoms with Crippen LogP contribution in [0.25, 0.3) is 0 Å². The van der Waals surface area contributed by atoms with Crippen LogP contribution in [0.4, 0.5) is 0 Å². The van der Waals surface area contributed by atoms with Crippen molar-refractivity contribution < 1.29 is 52.7 Å². The Morgan fingerprint density at radius 3 is 1.31 bits per heavy atom. The summed E-state index contributed by atoms with van der Waals surface area (Å²) in [5, 5.41) is 11.1. The third-order valence-corrected chi connectivity index (χ3v) is 15.9. The molecule has 0 aromatic rings. The molecule has 0 saturated carbocycles. The number of hydrogen-bond acceptors (Lipinski definition) is 11. The maximum atomic E-state index is 15.1. The highest BCUT2D eigenvalue weighted by Crippen LogP contribution is 2.25. The van der Waals surface area contributed by atoms with Crippen LogP contribution in [0.1, 0.15) is 156 Å². The molecule has 0 aromatic heterocycles. The first-order valence-corrected chi connectivity index (χ1v) is 30.6. The highest BCUT2D eigenvalue weighted by molar-refractivity contribution is 5.99. The van der Waals surface area contributed by atoms with Crippen molar-refractivity contribution in [3.05, 3.63) is 24.8 Å². The Labute approximate surface area is 509 Å². The highest BCUT2D eigenvalue weighted by atomic mass is 16.2. The monoisotopic (exact) mass is 1200 g/mol. The number of rotatable bonds is 16. The average Bonchev–Trinajstić information content (AvgIpc) is 3.58. The lowest BCUT2D eigenvalue weighted by atomic mass is 9.93. The van der Waals surface area contributed by atoms with Crippen LogP contribution in [0.3, 0.4) is 0 Å². The minimum Gasteiger partial charge on any atom is -0.343 e. The molecular formula is C63H111N11O11. The Balaban J connectivity index is 4.29. The van der Waals surface area contributed by atoms with E-state index >= 15 is 9.59 Å². The first kappa shape index (κ1) is 76.7. The van der Waals surface area contributed by atoms with E-state index in [4.69, 9.17) is 0 Å². The Hall–Kier alpha value is -6.35. The van der Waals surface area contributed by atoms with Crippen molar-refractivity contribution in [3.8, 4) is 0 Å². The van der Waals surface area contributed by atoms with Gasteiger partial charge in [-0.3, -0.25) is 52.7 Å². The number of amides is 11. The van der Waals surface area contributed by atoms with Crippen molar-refractivity contribution in [2.75, 3.05) is 55.9 Å². The average molecular weight is 1200 g/mol. The molecule has 1 aliphatic heterocycles. The number of nitrogens with one attached hydrogen (secondary N) is 4. The number of likely N-dealkylation sites (N-methyl/N-ethyl adjacent to an activating group) is 7. The van der Waals surface area contributed by atoms with Gasteiger partial charge in [-0.25, -0.2) is 0 Å². The van der Waals surface area contributed by atoms with Gasteiger partial charge < -0.3 is 55.6 Å². The molecule has 22 nitrogen and oxygen atoms in total. The summed E-state index contributed by atoms with van der Waals surface area (Å²) in [6.07, 6.45) is 6.77. The van der Waals surface area contributed by atoms with E-state index in [9.17, 15) is 43.2 Å². The predicted molar refractivity (Wildman–Crippen MR) is 332 cm³/mol. The molecule has 4 N–H and O–H groups in total. The van der Waals surface area contributed by atoms with Gasteiger partial charge in [-0.2, -0.15) is 0 Å². The van der Waals surface area contributed by atoms with E-state index in [1.165, 1.54) is 97.5 Å². The molecule has 1 unspecified atom stereocenters. The van der Waals surface area contributed by atoms with Gasteiger partial charge >= 0.3 is 0 Å². The summed E-state index contributed by atoms with van der Waals surface area (Å²) in [6.45, 7) is 31.9. The smallest absolute Gasteiger partial charge is 0.246 e. The van der Waals surface area contributed by atoms with E-state index in [1.807, 2.05) is 68.4 Å². The summed E-state index contributed by atoms with van der Waals surface area (Å²) in [7, 11) is 10.2. The van der Waals surface area contributed by atoms with Gasteiger partial charge in [0.05, 0.1) is 6.54 Å². The number of hydrogen-bond donors (Lipinski definition) is 4. The summed E-state index contributed by atoms with van der Waals surface area (Å²) in [5.74, 6) is -8.46. The van der Waals surface area contributed by atoms with Gasteiger partial charge in [-0.15, -0.1) is 0 Å². The van der Waals surface area contributed by atoms with E-state index in [2.05, 4.69) is 27.8 Å². The molecule has 0 radical (unpaired) electrons. The van der Waals surface area contributed by atoms with Gasteiger partial charge in [0.2, 0.25) is 65.0 Å². The Morgan fingerprint density at radius 1 is 0.447 bits per heavy atom. The van der Waals surface area contributed by atoms with Gasteiger partial charge in [0.25, 0.3) is 0 Å². The predicted octanol–water partition coefficient (Wildman–Crippen LogP) is 4.46. The lowest BCUT2D eigenvalue weighted by Gasteiger charge is -2.41. The second kappa shape index (κ2) is 35.3. The fourth-order valence-corrected chi connectivity index (χ4v) is 10.7. The zero-order valence-corrected chi connectivity index (χ0v) is 56.0. The maximum absolute atomic E-state index is 15.1. The summed E-state index contributed by atoms with van der Waals surface area (Å²) < 4.78 is 0. The second-order valence-electron chi connectivity index (χ2n) is 26.1. The first-order valence-electron chi connectivity index (χ1n) is 30.6. The highest BCUT2D eigenvalue weighted by Gasteiger charge is 2.44.